The zero-order chi connectivity index (χ0) is 16.0. The predicted molar refractivity (Wildman–Crippen MR) is 84.9 cm³/mol. The molecule has 0 radical (unpaired) electrons. The largest absolute Gasteiger partial charge is 0.334 e. The summed E-state index contributed by atoms with van der Waals surface area (Å²) < 4.78 is 26.9. The van der Waals surface area contributed by atoms with Gasteiger partial charge in [0.15, 0.2) is 0 Å². The van der Waals surface area contributed by atoms with Crippen LogP contribution in [0.5, 0.6) is 0 Å². The molecule has 3 heterocycles. The molecule has 2 aliphatic heterocycles. The summed E-state index contributed by atoms with van der Waals surface area (Å²) in [4.78, 5) is 18.4. The molecule has 1 aliphatic carbocycles. The molecule has 0 N–H and O–H groups in total. The van der Waals surface area contributed by atoms with E-state index in [0.717, 1.165) is 24.8 Å². The second-order valence-corrected chi connectivity index (χ2v) is 8.87. The van der Waals surface area contributed by atoms with Crippen molar-refractivity contribution in [2.45, 2.75) is 56.0 Å². The Kier molecular flexibility index (Phi) is 3.65. The van der Waals surface area contributed by atoms with Crippen LogP contribution in [0.3, 0.4) is 0 Å². The van der Waals surface area contributed by atoms with Crippen LogP contribution >= 0.6 is 0 Å². The molecule has 2 saturated heterocycles. The SMILES string of the molecule is O=C1CC[C@@H]2[C@@H](CCN2S(=O)(=O)C2CC2)N1Cc1cccnc1. The number of hydrogen-bond acceptors (Lipinski definition) is 4. The molecule has 3 aliphatic rings. The monoisotopic (exact) mass is 335 g/mol. The lowest BCUT2D eigenvalue weighted by atomic mass is 9.96. The Morgan fingerprint density at radius 2 is 2.00 bits per heavy atom. The van der Waals surface area contributed by atoms with E-state index in [-0.39, 0.29) is 23.2 Å². The van der Waals surface area contributed by atoms with Crippen molar-refractivity contribution in [3.63, 3.8) is 0 Å². The number of amides is 1. The molecule has 1 aromatic rings. The third kappa shape index (κ3) is 2.65. The van der Waals surface area contributed by atoms with Crippen molar-refractivity contribution < 1.29 is 13.2 Å². The van der Waals surface area contributed by atoms with Crippen LogP contribution in [0.15, 0.2) is 24.5 Å². The first-order valence-electron chi connectivity index (χ1n) is 8.26. The van der Waals surface area contributed by atoms with E-state index in [4.69, 9.17) is 0 Å². The molecule has 6 nitrogen and oxygen atoms in total. The molecule has 7 heteroatoms. The molecule has 1 aromatic heterocycles. The van der Waals surface area contributed by atoms with Crippen LogP contribution in [-0.2, 0) is 21.4 Å². The number of sulfonamides is 1. The Morgan fingerprint density at radius 1 is 1.17 bits per heavy atom. The minimum Gasteiger partial charge on any atom is -0.334 e. The Hall–Kier alpha value is -1.47. The maximum atomic E-state index is 12.6. The summed E-state index contributed by atoms with van der Waals surface area (Å²) in [5.74, 6) is 0.126. The lowest BCUT2D eigenvalue weighted by Crippen LogP contribution is -2.53. The first kappa shape index (κ1) is 15.1. The summed E-state index contributed by atoms with van der Waals surface area (Å²) in [7, 11) is -3.17. The van der Waals surface area contributed by atoms with Gasteiger partial charge in [-0.05, 0) is 37.3 Å². The van der Waals surface area contributed by atoms with Crippen LogP contribution in [0.25, 0.3) is 0 Å². The zero-order valence-electron chi connectivity index (χ0n) is 13.0. The number of piperidine rings is 1. The van der Waals surface area contributed by atoms with Crippen LogP contribution in [0.4, 0.5) is 0 Å². The van der Waals surface area contributed by atoms with Crippen LogP contribution in [0, 0.1) is 0 Å². The van der Waals surface area contributed by atoms with E-state index in [1.165, 1.54) is 0 Å². The van der Waals surface area contributed by atoms with Crippen molar-refractivity contribution in [3.8, 4) is 0 Å². The second-order valence-electron chi connectivity index (χ2n) is 6.70. The van der Waals surface area contributed by atoms with Crippen LogP contribution in [0.2, 0.25) is 0 Å². The fraction of sp³-hybridized carbons (Fsp3) is 0.625. The number of rotatable bonds is 4. The molecule has 124 valence electrons. The van der Waals surface area contributed by atoms with Gasteiger partial charge in [-0.2, -0.15) is 4.31 Å². The van der Waals surface area contributed by atoms with Crippen molar-refractivity contribution in [2.75, 3.05) is 6.54 Å². The number of pyridine rings is 1. The fourth-order valence-corrected chi connectivity index (χ4v) is 5.97. The van der Waals surface area contributed by atoms with E-state index in [0.29, 0.717) is 25.9 Å². The van der Waals surface area contributed by atoms with Gasteiger partial charge in [-0.3, -0.25) is 9.78 Å². The zero-order valence-corrected chi connectivity index (χ0v) is 13.8. The summed E-state index contributed by atoms with van der Waals surface area (Å²) in [5, 5.41) is -0.175. The van der Waals surface area contributed by atoms with Crippen LogP contribution < -0.4 is 0 Å². The highest BCUT2D eigenvalue weighted by Crippen LogP contribution is 2.39. The first-order chi connectivity index (χ1) is 11.1. The lowest BCUT2D eigenvalue weighted by molar-refractivity contribution is -0.138. The molecule has 2 atom stereocenters. The third-order valence-electron chi connectivity index (χ3n) is 5.18. The number of nitrogens with zero attached hydrogens (tertiary/aromatic N) is 3. The molecule has 0 bridgehead atoms. The molecule has 0 aromatic carbocycles. The maximum absolute atomic E-state index is 12.6. The molecule has 4 rings (SSSR count). The van der Waals surface area contributed by atoms with Crippen LogP contribution in [0.1, 0.15) is 37.7 Å². The number of hydrogen-bond donors (Lipinski definition) is 0. The summed E-state index contributed by atoms with van der Waals surface area (Å²) in [5.41, 5.74) is 0.991. The molecular formula is C16H21N3O3S. The molecule has 1 amide bonds. The standard InChI is InChI=1S/C16H21N3O3S/c20-16-6-5-15-14(18(16)11-12-2-1-8-17-10-12)7-9-19(15)23(21,22)13-3-4-13/h1-2,8,10,13-15H,3-7,9,11H2/t14-,15-/m1/s1. The molecule has 3 fully saturated rings. The fourth-order valence-electron chi connectivity index (χ4n) is 3.88. The van der Waals surface area contributed by atoms with Crippen molar-refractivity contribution in [2.24, 2.45) is 0 Å². The minimum atomic E-state index is -3.17. The van der Waals surface area contributed by atoms with E-state index in [9.17, 15) is 13.2 Å². The lowest BCUT2D eigenvalue weighted by Gasteiger charge is -2.39. The Bertz CT molecular complexity index is 703. The van der Waals surface area contributed by atoms with Gasteiger partial charge in [-0.25, -0.2) is 8.42 Å². The minimum absolute atomic E-state index is 0.00461. The smallest absolute Gasteiger partial charge is 0.223 e. The van der Waals surface area contributed by atoms with Crippen molar-refractivity contribution in [3.05, 3.63) is 30.1 Å². The number of likely N-dealkylation sites (tertiary alicyclic amines) is 1. The van der Waals surface area contributed by atoms with Crippen molar-refractivity contribution >= 4 is 15.9 Å². The first-order valence-corrected chi connectivity index (χ1v) is 9.77. The van der Waals surface area contributed by atoms with E-state index in [1.54, 1.807) is 16.7 Å². The normalized spacial score (nSPS) is 28.9. The molecule has 0 spiro atoms. The summed E-state index contributed by atoms with van der Waals surface area (Å²) >= 11 is 0. The summed E-state index contributed by atoms with van der Waals surface area (Å²) in [6.07, 6.45) is 6.87. The van der Waals surface area contributed by atoms with Crippen LogP contribution in [-0.4, -0.2) is 52.4 Å². The number of carbonyl (C=O) groups excluding carboxylic acids is 1. The summed E-state index contributed by atoms with van der Waals surface area (Å²) in [6.45, 7) is 1.07. The molecule has 0 unspecified atom stereocenters. The Labute approximate surface area is 136 Å². The van der Waals surface area contributed by atoms with Crippen molar-refractivity contribution in [1.29, 1.82) is 0 Å². The van der Waals surface area contributed by atoms with Gasteiger partial charge in [-0.1, -0.05) is 6.07 Å². The average Bonchev–Trinajstić information content (AvgIpc) is 3.31. The number of fused-ring (bicyclic) bond motifs is 1. The maximum Gasteiger partial charge on any atom is 0.223 e. The average molecular weight is 335 g/mol. The number of carbonyl (C=O) groups is 1. The van der Waals surface area contributed by atoms with E-state index in [1.807, 2.05) is 17.0 Å². The second kappa shape index (κ2) is 5.56. The topological polar surface area (TPSA) is 70.6 Å². The van der Waals surface area contributed by atoms with Gasteiger partial charge in [0.25, 0.3) is 0 Å². The van der Waals surface area contributed by atoms with Gasteiger partial charge < -0.3 is 4.90 Å². The van der Waals surface area contributed by atoms with E-state index < -0.39 is 10.0 Å². The highest BCUT2D eigenvalue weighted by atomic mass is 32.2. The van der Waals surface area contributed by atoms with E-state index >= 15 is 0 Å². The van der Waals surface area contributed by atoms with Gasteiger partial charge in [0.2, 0.25) is 15.9 Å². The highest BCUT2D eigenvalue weighted by Gasteiger charge is 2.51. The van der Waals surface area contributed by atoms with Gasteiger partial charge in [0.05, 0.1) is 5.25 Å². The predicted octanol–water partition coefficient (Wildman–Crippen LogP) is 1.14. The van der Waals surface area contributed by atoms with Crippen molar-refractivity contribution in [1.82, 2.24) is 14.2 Å². The van der Waals surface area contributed by atoms with Gasteiger partial charge in [-0.15, -0.1) is 0 Å². The Morgan fingerprint density at radius 3 is 2.70 bits per heavy atom. The van der Waals surface area contributed by atoms with Gasteiger partial charge >= 0.3 is 0 Å². The highest BCUT2D eigenvalue weighted by molar-refractivity contribution is 7.90. The third-order valence-corrected chi connectivity index (χ3v) is 7.60. The number of aromatic nitrogens is 1. The molecular weight excluding hydrogens is 314 g/mol. The quantitative estimate of drug-likeness (QED) is 0.827. The molecule has 23 heavy (non-hydrogen) atoms. The Balaban J connectivity index is 1.56. The molecule has 1 saturated carbocycles. The van der Waals surface area contributed by atoms with Gasteiger partial charge in [0.1, 0.15) is 0 Å². The van der Waals surface area contributed by atoms with Gasteiger partial charge in [0, 0.05) is 44.0 Å². The summed E-state index contributed by atoms with van der Waals surface area (Å²) in [6, 6.07) is 3.78. The van der Waals surface area contributed by atoms with E-state index in [2.05, 4.69) is 4.98 Å².